The van der Waals surface area contributed by atoms with Gasteiger partial charge >= 0.3 is 11.6 Å². The number of hydrogen-bond donors (Lipinski definition) is 0. The summed E-state index contributed by atoms with van der Waals surface area (Å²) in [5.74, 6) is 0.710. The van der Waals surface area contributed by atoms with Crippen molar-refractivity contribution in [2.45, 2.75) is 20.3 Å². The van der Waals surface area contributed by atoms with Crippen LogP contribution in [0.1, 0.15) is 32.6 Å². The lowest BCUT2D eigenvalue weighted by Crippen LogP contribution is -2.13. The molecule has 4 aromatic rings. The number of ether oxygens (including phenoxy) is 4. The molecule has 3 aromatic carbocycles. The zero-order chi connectivity index (χ0) is 25.1. The fourth-order valence-corrected chi connectivity index (χ4v) is 4.04. The zero-order valence-electron chi connectivity index (χ0n) is 20.3. The van der Waals surface area contributed by atoms with Crippen LogP contribution in [0.4, 0.5) is 0 Å². The van der Waals surface area contributed by atoms with Crippen LogP contribution in [0.15, 0.2) is 63.8 Å². The van der Waals surface area contributed by atoms with Gasteiger partial charge in [0.05, 0.1) is 26.9 Å². The molecule has 1 aromatic heterocycles. The summed E-state index contributed by atoms with van der Waals surface area (Å²) in [6.07, 6.45) is 0.474. The number of methoxy groups -OCH3 is 3. The second kappa shape index (κ2) is 9.93. The van der Waals surface area contributed by atoms with E-state index in [1.165, 1.54) is 33.5 Å². The number of carbonyl (C=O) groups is 1. The number of rotatable bonds is 7. The lowest BCUT2D eigenvalue weighted by molar-refractivity contribution is 0.0732. The summed E-state index contributed by atoms with van der Waals surface area (Å²) in [6, 6.07) is 16.3. The standard InChI is InChI=1S/C28H26O7/c1-16-20-11-12-22(34-27(29)19-14-23(31-3)26(33-5)24(15-19)32-4)17(2)25(20)35-28(30)21(16)13-18-9-7-6-8-10-18/h6-12,14-15H,13H2,1-5H3. The third-order valence-corrected chi connectivity index (χ3v) is 5.98. The molecule has 180 valence electrons. The predicted octanol–water partition coefficient (Wildman–Crippen LogP) is 5.25. The van der Waals surface area contributed by atoms with Gasteiger partial charge in [-0.15, -0.1) is 0 Å². The molecular formula is C28H26O7. The fraction of sp³-hybridized carbons (Fsp3) is 0.214. The van der Waals surface area contributed by atoms with Crippen LogP contribution in [0.3, 0.4) is 0 Å². The van der Waals surface area contributed by atoms with Gasteiger partial charge in [-0.2, -0.15) is 0 Å². The molecular weight excluding hydrogens is 448 g/mol. The SMILES string of the molecule is COc1cc(C(=O)Oc2ccc3c(C)c(Cc4ccccc4)c(=O)oc3c2C)cc(OC)c1OC. The van der Waals surface area contributed by atoms with E-state index in [1.807, 2.05) is 37.3 Å². The van der Waals surface area contributed by atoms with Gasteiger partial charge in [0.2, 0.25) is 5.75 Å². The Morgan fingerprint density at radius 1 is 0.829 bits per heavy atom. The minimum absolute atomic E-state index is 0.217. The van der Waals surface area contributed by atoms with Gasteiger partial charge in [-0.25, -0.2) is 9.59 Å². The van der Waals surface area contributed by atoms with E-state index in [9.17, 15) is 9.59 Å². The first-order valence-corrected chi connectivity index (χ1v) is 11.0. The Morgan fingerprint density at radius 2 is 1.49 bits per heavy atom. The van der Waals surface area contributed by atoms with Crippen LogP contribution in [0, 0.1) is 13.8 Å². The lowest BCUT2D eigenvalue weighted by Gasteiger charge is -2.15. The van der Waals surface area contributed by atoms with Gasteiger partial charge in [-0.3, -0.25) is 0 Å². The van der Waals surface area contributed by atoms with Crippen molar-refractivity contribution >= 4 is 16.9 Å². The second-order valence-electron chi connectivity index (χ2n) is 8.02. The zero-order valence-corrected chi connectivity index (χ0v) is 20.3. The molecule has 0 unspecified atom stereocenters. The molecule has 7 nitrogen and oxygen atoms in total. The summed E-state index contributed by atoms with van der Waals surface area (Å²) in [4.78, 5) is 25.8. The van der Waals surface area contributed by atoms with E-state index in [0.717, 1.165) is 16.5 Å². The fourth-order valence-electron chi connectivity index (χ4n) is 4.04. The summed E-state index contributed by atoms with van der Waals surface area (Å²) in [6.45, 7) is 3.65. The largest absolute Gasteiger partial charge is 0.493 e. The Bertz CT molecular complexity index is 1430. The Kier molecular flexibility index (Phi) is 6.78. The molecule has 0 aliphatic carbocycles. The first-order valence-electron chi connectivity index (χ1n) is 11.0. The van der Waals surface area contributed by atoms with E-state index < -0.39 is 11.6 Å². The molecule has 0 spiro atoms. The van der Waals surface area contributed by atoms with Gasteiger partial charge in [-0.1, -0.05) is 30.3 Å². The molecule has 4 rings (SSSR count). The minimum atomic E-state index is -0.619. The number of hydrogen-bond acceptors (Lipinski definition) is 7. The van der Waals surface area contributed by atoms with E-state index in [2.05, 4.69) is 0 Å². The lowest BCUT2D eigenvalue weighted by atomic mass is 9.98. The van der Waals surface area contributed by atoms with E-state index in [1.54, 1.807) is 19.1 Å². The molecule has 0 aliphatic heterocycles. The molecule has 0 fully saturated rings. The maximum Gasteiger partial charge on any atom is 0.343 e. The number of benzene rings is 3. The summed E-state index contributed by atoms with van der Waals surface area (Å²) < 4.78 is 27.3. The Balaban J connectivity index is 1.70. The highest BCUT2D eigenvalue weighted by Crippen LogP contribution is 2.39. The van der Waals surface area contributed by atoms with Crippen molar-refractivity contribution in [1.82, 2.24) is 0 Å². The van der Waals surface area contributed by atoms with Gasteiger partial charge in [0.15, 0.2) is 11.5 Å². The molecule has 0 N–H and O–H groups in total. The van der Waals surface area contributed by atoms with Gasteiger partial charge in [0, 0.05) is 22.9 Å². The highest BCUT2D eigenvalue weighted by atomic mass is 16.5. The summed E-state index contributed by atoms with van der Waals surface area (Å²) in [5, 5.41) is 0.792. The van der Waals surface area contributed by atoms with Crippen molar-refractivity contribution < 1.29 is 28.2 Å². The molecule has 0 aliphatic rings. The molecule has 0 radical (unpaired) electrons. The van der Waals surface area contributed by atoms with Crippen LogP contribution < -0.4 is 24.6 Å². The number of aryl methyl sites for hydroxylation is 2. The first kappa shape index (κ1) is 23.9. The quantitative estimate of drug-likeness (QED) is 0.206. The summed E-state index contributed by atoms with van der Waals surface area (Å²) in [5.41, 5.74) is 3.21. The van der Waals surface area contributed by atoms with E-state index >= 15 is 0 Å². The number of carbonyl (C=O) groups excluding carboxylic acids is 1. The van der Waals surface area contributed by atoms with Gasteiger partial charge in [0.1, 0.15) is 11.3 Å². The van der Waals surface area contributed by atoms with E-state index in [4.69, 9.17) is 23.4 Å². The summed E-state index contributed by atoms with van der Waals surface area (Å²) >= 11 is 0. The van der Waals surface area contributed by atoms with Crippen molar-refractivity contribution in [2.75, 3.05) is 21.3 Å². The molecule has 0 atom stereocenters. The van der Waals surface area contributed by atoms with Crippen molar-refractivity contribution in [2.24, 2.45) is 0 Å². The highest BCUT2D eigenvalue weighted by molar-refractivity contribution is 5.94. The van der Waals surface area contributed by atoms with Gasteiger partial charge in [0.25, 0.3) is 0 Å². The number of fused-ring (bicyclic) bond motifs is 1. The van der Waals surface area contributed by atoms with E-state index in [-0.39, 0.29) is 11.3 Å². The minimum Gasteiger partial charge on any atom is -0.493 e. The van der Waals surface area contributed by atoms with Crippen LogP contribution in [0.5, 0.6) is 23.0 Å². The van der Waals surface area contributed by atoms with Crippen molar-refractivity contribution in [3.63, 3.8) is 0 Å². The molecule has 0 bridgehead atoms. The molecule has 0 saturated heterocycles. The monoisotopic (exact) mass is 474 g/mol. The normalized spacial score (nSPS) is 10.8. The van der Waals surface area contributed by atoms with Crippen LogP contribution in [-0.4, -0.2) is 27.3 Å². The molecule has 7 heteroatoms. The topological polar surface area (TPSA) is 84.2 Å². The smallest absolute Gasteiger partial charge is 0.343 e. The van der Waals surface area contributed by atoms with Crippen LogP contribution in [-0.2, 0) is 6.42 Å². The predicted molar refractivity (Wildman–Crippen MR) is 132 cm³/mol. The average Bonchev–Trinajstić information content (AvgIpc) is 2.88. The molecule has 1 heterocycles. The highest BCUT2D eigenvalue weighted by Gasteiger charge is 2.21. The van der Waals surface area contributed by atoms with Crippen molar-refractivity contribution in [3.8, 4) is 23.0 Å². The maximum absolute atomic E-state index is 13.0. The third kappa shape index (κ3) is 4.57. The van der Waals surface area contributed by atoms with Crippen LogP contribution in [0.2, 0.25) is 0 Å². The molecule has 0 saturated carbocycles. The molecule has 35 heavy (non-hydrogen) atoms. The average molecular weight is 475 g/mol. The Hall–Kier alpha value is -4.26. The van der Waals surface area contributed by atoms with Crippen molar-refractivity contribution in [1.29, 1.82) is 0 Å². The number of esters is 1. The van der Waals surface area contributed by atoms with Gasteiger partial charge in [-0.05, 0) is 49.2 Å². The van der Waals surface area contributed by atoms with Crippen LogP contribution >= 0.6 is 0 Å². The third-order valence-electron chi connectivity index (χ3n) is 5.98. The Labute approximate surface area is 202 Å². The van der Waals surface area contributed by atoms with Crippen molar-refractivity contribution in [3.05, 3.63) is 92.8 Å². The van der Waals surface area contributed by atoms with E-state index in [0.29, 0.717) is 40.4 Å². The summed E-state index contributed by atoms with van der Waals surface area (Å²) in [7, 11) is 4.42. The van der Waals surface area contributed by atoms with Gasteiger partial charge < -0.3 is 23.4 Å². The Morgan fingerprint density at radius 3 is 2.09 bits per heavy atom. The maximum atomic E-state index is 13.0. The van der Waals surface area contributed by atoms with Crippen LogP contribution in [0.25, 0.3) is 11.0 Å². The second-order valence-corrected chi connectivity index (χ2v) is 8.02. The molecule has 0 amide bonds. The first-order chi connectivity index (χ1) is 16.9.